The number of sulfonamides is 1. The van der Waals surface area contributed by atoms with Crippen LogP contribution in [0.5, 0.6) is 0 Å². The molecule has 2 unspecified atom stereocenters. The molecule has 2 fully saturated rings. The lowest BCUT2D eigenvalue weighted by molar-refractivity contribution is 0.0750. The fourth-order valence-corrected chi connectivity index (χ4v) is 5.14. The van der Waals surface area contributed by atoms with Crippen molar-refractivity contribution in [3.05, 3.63) is 46.6 Å². The summed E-state index contributed by atoms with van der Waals surface area (Å²) in [7, 11) is -3.57. The highest BCUT2D eigenvalue weighted by Crippen LogP contribution is 2.27. The van der Waals surface area contributed by atoms with Gasteiger partial charge in [-0.25, -0.2) is 13.1 Å². The third kappa shape index (κ3) is 4.45. The molecule has 3 heterocycles. The molecule has 29 heavy (non-hydrogen) atoms. The van der Waals surface area contributed by atoms with Gasteiger partial charge in [-0.1, -0.05) is 29.8 Å². The lowest BCUT2D eigenvalue weighted by Crippen LogP contribution is -2.35. The molecule has 9 nitrogen and oxygen atoms in total. The van der Waals surface area contributed by atoms with E-state index >= 15 is 0 Å². The number of rotatable bonds is 6. The predicted octanol–water partition coefficient (Wildman–Crippen LogP) is 1.48. The number of hydrogen-bond donors (Lipinski definition) is 2. The average molecular weight is 440 g/mol. The first-order valence-corrected chi connectivity index (χ1v) is 11.4. The fraction of sp³-hybridized carbons (Fsp3) is 0.500. The molecule has 156 valence electrons. The molecule has 0 saturated carbocycles. The first kappa shape index (κ1) is 20.3. The van der Waals surface area contributed by atoms with E-state index in [-0.39, 0.29) is 37.2 Å². The smallest absolute Gasteiger partial charge is 0.311 e. The van der Waals surface area contributed by atoms with E-state index in [0.29, 0.717) is 23.7 Å². The van der Waals surface area contributed by atoms with Crippen molar-refractivity contribution in [2.45, 2.75) is 37.1 Å². The molecule has 0 aliphatic carbocycles. The van der Waals surface area contributed by atoms with Crippen molar-refractivity contribution < 1.29 is 17.6 Å². The molecule has 1 aromatic heterocycles. The number of benzene rings is 1. The topological polar surface area (TPSA) is 117 Å². The van der Waals surface area contributed by atoms with E-state index in [0.717, 1.165) is 12.8 Å². The van der Waals surface area contributed by atoms with Gasteiger partial charge in [0.1, 0.15) is 0 Å². The van der Waals surface area contributed by atoms with Gasteiger partial charge in [-0.15, -0.1) is 10.2 Å². The molecule has 2 atom stereocenters. The Labute approximate surface area is 173 Å². The standard InChI is InChI=1S/C18H22ClN5O4S/c19-14-6-2-1-5-12(14)10-21-29(26,27)13-9-15(20-11-13)16-22-23-17(28-16)18(25)24-7-3-4-8-24/h1-2,5-6,13,15,20-21H,3-4,7-11H2. The number of nitrogens with one attached hydrogen (secondary N) is 2. The minimum absolute atomic E-state index is 0.0492. The number of aromatic nitrogens is 2. The number of carbonyl (C=O) groups is 1. The van der Waals surface area contributed by atoms with Gasteiger partial charge in [0.15, 0.2) is 0 Å². The van der Waals surface area contributed by atoms with Crippen LogP contribution in [0.2, 0.25) is 5.02 Å². The maximum atomic E-state index is 12.7. The molecule has 1 amide bonds. The predicted molar refractivity (Wildman–Crippen MR) is 106 cm³/mol. The Morgan fingerprint density at radius 3 is 2.79 bits per heavy atom. The summed E-state index contributed by atoms with van der Waals surface area (Å²) in [5.41, 5.74) is 0.710. The highest BCUT2D eigenvalue weighted by molar-refractivity contribution is 7.90. The first-order valence-electron chi connectivity index (χ1n) is 9.52. The molecule has 2 aromatic rings. The van der Waals surface area contributed by atoms with Crippen molar-refractivity contribution in [2.24, 2.45) is 0 Å². The third-order valence-corrected chi connectivity index (χ3v) is 7.42. The normalized spacial score (nSPS) is 22.3. The third-order valence-electron chi connectivity index (χ3n) is 5.27. The van der Waals surface area contributed by atoms with Crippen LogP contribution >= 0.6 is 11.6 Å². The molecule has 11 heteroatoms. The summed E-state index contributed by atoms with van der Waals surface area (Å²) in [5, 5.41) is 10.8. The van der Waals surface area contributed by atoms with Crippen LogP contribution in [-0.2, 0) is 16.6 Å². The number of carbonyl (C=O) groups excluding carboxylic acids is 1. The zero-order chi connectivity index (χ0) is 20.4. The number of halogens is 1. The zero-order valence-electron chi connectivity index (χ0n) is 15.7. The lowest BCUT2D eigenvalue weighted by atomic mass is 10.2. The van der Waals surface area contributed by atoms with Gasteiger partial charge in [0, 0.05) is 31.2 Å². The quantitative estimate of drug-likeness (QED) is 0.699. The van der Waals surface area contributed by atoms with Crippen LogP contribution in [0.3, 0.4) is 0 Å². The van der Waals surface area contributed by atoms with E-state index in [4.69, 9.17) is 16.0 Å². The first-order chi connectivity index (χ1) is 13.9. The highest BCUT2D eigenvalue weighted by Gasteiger charge is 2.37. The van der Waals surface area contributed by atoms with E-state index in [1.54, 1.807) is 29.2 Å². The Kier molecular flexibility index (Phi) is 5.86. The van der Waals surface area contributed by atoms with Crippen molar-refractivity contribution in [2.75, 3.05) is 19.6 Å². The van der Waals surface area contributed by atoms with Crippen molar-refractivity contribution in [1.29, 1.82) is 0 Å². The van der Waals surface area contributed by atoms with Crippen LogP contribution in [0, 0.1) is 0 Å². The Morgan fingerprint density at radius 2 is 2.03 bits per heavy atom. The maximum absolute atomic E-state index is 12.7. The van der Waals surface area contributed by atoms with Crippen LogP contribution in [0.15, 0.2) is 28.7 Å². The minimum atomic E-state index is -3.57. The second-order valence-corrected chi connectivity index (χ2v) is 9.67. The van der Waals surface area contributed by atoms with Crippen molar-refractivity contribution >= 4 is 27.5 Å². The van der Waals surface area contributed by atoms with Crippen LogP contribution < -0.4 is 10.0 Å². The lowest BCUT2D eigenvalue weighted by Gasteiger charge is -2.13. The Bertz CT molecular complexity index is 990. The van der Waals surface area contributed by atoms with E-state index in [2.05, 4.69) is 20.2 Å². The van der Waals surface area contributed by atoms with Crippen LogP contribution in [0.1, 0.15) is 47.4 Å². The molecule has 4 rings (SSSR count). The molecule has 0 bridgehead atoms. The molecular formula is C18H22ClN5O4S. The second kappa shape index (κ2) is 8.39. The summed E-state index contributed by atoms with van der Waals surface area (Å²) < 4.78 is 33.5. The van der Waals surface area contributed by atoms with Crippen LogP contribution in [0.25, 0.3) is 0 Å². The summed E-state index contributed by atoms with van der Waals surface area (Å²) in [6, 6.07) is 6.68. The van der Waals surface area contributed by atoms with Crippen molar-refractivity contribution in [3.63, 3.8) is 0 Å². The minimum Gasteiger partial charge on any atom is -0.415 e. The molecule has 2 aliphatic heterocycles. The summed E-state index contributed by atoms with van der Waals surface area (Å²) in [5.74, 6) is -0.0898. The van der Waals surface area contributed by atoms with Gasteiger partial charge in [0.2, 0.25) is 15.9 Å². The zero-order valence-corrected chi connectivity index (χ0v) is 17.2. The monoisotopic (exact) mass is 439 g/mol. The van der Waals surface area contributed by atoms with Gasteiger partial charge in [-0.2, -0.15) is 0 Å². The summed E-state index contributed by atoms with van der Waals surface area (Å²) in [6.07, 6.45) is 2.21. The fourth-order valence-electron chi connectivity index (χ4n) is 3.58. The summed E-state index contributed by atoms with van der Waals surface area (Å²) >= 11 is 6.09. The van der Waals surface area contributed by atoms with Crippen molar-refractivity contribution in [1.82, 2.24) is 25.1 Å². The molecule has 1 aromatic carbocycles. The Morgan fingerprint density at radius 1 is 1.28 bits per heavy atom. The molecule has 2 aliphatic rings. The number of likely N-dealkylation sites (tertiary alicyclic amines) is 1. The van der Waals surface area contributed by atoms with E-state index in [9.17, 15) is 13.2 Å². The Balaban J connectivity index is 1.37. The van der Waals surface area contributed by atoms with E-state index in [1.807, 2.05) is 0 Å². The van der Waals surface area contributed by atoms with Gasteiger partial charge in [-0.3, -0.25) is 4.79 Å². The van der Waals surface area contributed by atoms with Crippen LogP contribution in [-0.4, -0.2) is 54.3 Å². The Hall–Kier alpha value is -2.01. The SMILES string of the molecule is O=C(c1nnc(C2CC(S(=O)(=O)NCc3ccccc3Cl)CN2)o1)N1CCCC1. The number of amides is 1. The molecule has 2 N–H and O–H groups in total. The average Bonchev–Trinajstić information content (AvgIpc) is 3.48. The summed E-state index contributed by atoms with van der Waals surface area (Å²) in [4.78, 5) is 14.0. The van der Waals surface area contributed by atoms with Gasteiger partial charge in [0.25, 0.3) is 0 Å². The van der Waals surface area contributed by atoms with Gasteiger partial charge >= 0.3 is 11.8 Å². The van der Waals surface area contributed by atoms with Gasteiger partial charge in [-0.05, 0) is 30.9 Å². The van der Waals surface area contributed by atoms with E-state index in [1.165, 1.54) is 0 Å². The molecule has 0 radical (unpaired) electrons. The van der Waals surface area contributed by atoms with Gasteiger partial charge in [0.05, 0.1) is 11.3 Å². The van der Waals surface area contributed by atoms with Crippen molar-refractivity contribution in [3.8, 4) is 0 Å². The van der Waals surface area contributed by atoms with Gasteiger partial charge < -0.3 is 14.6 Å². The number of nitrogens with zero attached hydrogens (tertiary/aromatic N) is 3. The molecule has 2 saturated heterocycles. The molecule has 0 spiro atoms. The number of hydrogen-bond acceptors (Lipinski definition) is 7. The summed E-state index contributed by atoms with van der Waals surface area (Å²) in [6.45, 7) is 1.75. The van der Waals surface area contributed by atoms with E-state index < -0.39 is 21.3 Å². The maximum Gasteiger partial charge on any atom is 0.311 e. The highest BCUT2D eigenvalue weighted by atomic mass is 35.5. The largest absolute Gasteiger partial charge is 0.415 e. The van der Waals surface area contributed by atoms with Crippen LogP contribution in [0.4, 0.5) is 0 Å². The molecular weight excluding hydrogens is 418 g/mol. The second-order valence-electron chi connectivity index (χ2n) is 7.22.